The number of hydrogen-bond donors (Lipinski definition) is 5. The summed E-state index contributed by atoms with van der Waals surface area (Å²) in [5.74, 6) is -0.168. The van der Waals surface area contributed by atoms with Gasteiger partial charge in [-0.2, -0.15) is 0 Å². The Morgan fingerprint density at radius 2 is 1.82 bits per heavy atom. The van der Waals surface area contributed by atoms with Gasteiger partial charge in [0.05, 0.1) is 16.9 Å². The van der Waals surface area contributed by atoms with Crippen molar-refractivity contribution in [2.75, 3.05) is 16.4 Å². The number of para-hydroxylation sites is 2. The van der Waals surface area contributed by atoms with Crippen LogP contribution in [0.25, 0.3) is 22.5 Å². The number of anilines is 3. The van der Waals surface area contributed by atoms with Crippen LogP contribution in [-0.4, -0.2) is 21.9 Å². The molecule has 2 heterocycles. The number of nitrogen functional groups attached to an aromatic ring is 1. The highest BCUT2D eigenvalue weighted by Crippen LogP contribution is 2.36. The highest BCUT2D eigenvalue weighted by molar-refractivity contribution is 6.06. The molecule has 0 saturated carbocycles. The number of rotatable bonds is 4. The Morgan fingerprint density at radius 3 is 2.56 bits per heavy atom. The van der Waals surface area contributed by atoms with Crippen molar-refractivity contribution in [1.29, 1.82) is 0 Å². The molecule has 0 spiro atoms. The van der Waals surface area contributed by atoms with Crippen LogP contribution in [-0.2, 0) is 6.54 Å². The fourth-order valence-corrected chi connectivity index (χ4v) is 4.05. The monoisotopic (exact) mass is 456 g/mol. The van der Waals surface area contributed by atoms with Gasteiger partial charge in [-0.3, -0.25) is 4.79 Å². The van der Waals surface area contributed by atoms with Crippen LogP contribution in [0.1, 0.15) is 21.6 Å². The van der Waals surface area contributed by atoms with E-state index < -0.39 is 11.8 Å². The van der Waals surface area contributed by atoms with E-state index in [-0.39, 0.29) is 18.1 Å². The van der Waals surface area contributed by atoms with Gasteiger partial charge in [0, 0.05) is 35.2 Å². The second-order valence-electron chi connectivity index (χ2n) is 7.97. The number of aromatic amines is 1. The predicted octanol–water partition coefficient (Wildman–Crippen LogP) is 4.66. The Bertz CT molecular complexity index is 1450. The highest BCUT2D eigenvalue weighted by Gasteiger charge is 2.28. The summed E-state index contributed by atoms with van der Waals surface area (Å²) in [6, 6.07) is 14.3. The molecule has 1 aromatic heterocycles. The van der Waals surface area contributed by atoms with E-state index in [0.717, 1.165) is 5.69 Å². The Hall–Kier alpha value is -4.66. The van der Waals surface area contributed by atoms with Crippen LogP contribution in [0.15, 0.2) is 60.8 Å². The second kappa shape index (κ2) is 8.36. The number of aromatic nitrogens is 2. The summed E-state index contributed by atoms with van der Waals surface area (Å²) in [4.78, 5) is 32.4. The van der Waals surface area contributed by atoms with E-state index in [1.165, 1.54) is 6.07 Å². The number of hydrogen-bond acceptors (Lipinski definition) is 4. The highest BCUT2D eigenvalue weighted by atomic mass is 19.1. The van der Waals surface area contributed by atoms with Gasteiger partial charge in [-0.25, -0.2) is 14.2 Å². The quantitative estimate of drug-likeness (QED) is 0.286. The number of nitrogens with two attached hydrogens (primary N) is 1. The summed E-state index contributed by atoms with van der Waals surface area (Å²) in [5.41, 5.74) is 10.6. The molecule has 6 N–H and O–H groups in total. The Labute approximate surface area is 194 Å². The molecule has 1 aliphatic rings. The van der Waals surface area contributed by atoms with Gasteiger partial charge < -0.3 is 26.7 Å². The number of aryl methyl sites for hydroxylation is 1. The van der Waals surface area contributed by atoms with Crippen LogP contribution in [0.5, 0.6) is 0 Å². The van der Waals surface area contributed by atoms with E-state index >= 15 is 4.39 Å². The van der Waals surface area contributed by atoms with Gasteiger partial charge in [-0.05, 0) is 54.4 Å². The maximum absolute atomic E-state index is 15.2. The van der Waals surface area contributed by atoms with E-state index in [1.54, 1.807) is 54.7 Å². The van der Waals surface area contributed by atoms with Gasteiger partial charge >= 0.3 is 6.03 Å². The molecule has 3 aromatic carbocycles. The van der Waals surface area contributed by atoms with Crippen LogP contribution in [0, 0.1) is 12.7 Å². The van der Waals surface area contributed by atoms with Gasteiger partial charge in [0.15, 0.2) is 0 Å². The van der Waals surface area contributed by atoms with E-state index in [4.69, 9.17) is 5.73 Å². The van der Waals surface area contributed by atoms with E-state index in [9.17, 15) is 9.59 Å². The largest absolute Gasteiger partial charge is 0.397 e. The molecule has 0 radical (unpaired) electrons. The molecule has 9 heteroatoms. The van der Waals surface area contributed by atoms with Crippen molar-refractivity contribution in [3.05, 3.63) is 83.4 Å². The average molecular weight is 456 g/mol. The number of urea groups is 1. The van der Waals surface area contributed by atoms with Crippen molar-refractivity contribution in [1.82, 2.24) is 15.3 Å². The van der Waals surface area contributed by atoms with Crippen LogP contribution >= 0.6 is 0 Å². The first-order valence-electron chi connectivity index (χ1n) is 10.6. The number of nitrogens with one attached hydrogen (secondary N) is 4. The first kappa shape index (κ1) is 21.2. The van der Waals surface area contributed by atoms with Crippen LogP contribution < -0.4 is 21.7 Å². The molecule has 1 aliphatic heterocycles. The maximum Gasteiger partial charge on any atom is 0.323 e. The van der Waals surface area contributed by atoms with Crippen molar-refractivity contribution < 1.29 is 14.0 Å². The molecule has 0 fully saturated rings. The molecule has 0 atom stereocenters. The maximum atomic E-state index is 15.2. The van der Waals surface area contributed by atoms with Gasteiger partial charge in [-0.1, -0.05) is 18.2 Å². The predicted molar refractivity (Wildman–Crippen MR) is 129 cm³/mol. The molecular weight excluding hydrogens is 435 g/mol. The SMILES string of the molecule is Cc1cnc(-c2ccc(-c3ccc(NC(=O)Nc4ccccc4N)cc3F)c3c2C(=O)NC3)[nH]1. The standard InChI is InChI=1S/C25H21FN6O2/c1-13-11-28-23(30-13)17-9-8-15(18-12-29-24(33)22(17)18)16-7-6-14(10-19(16)26)31-25(34)32-21-5-3-2-4-20(21)27/h2-11H,12,27H2,1H3,(H,28,30)(H,29,33)(H2,31,32,34). The van der Waals surface area contributed by atoms with E-state index in [0.29, 0.717) is 45.0 Å². The minimum atomic E-state index is -0.543. The van der Waals surface area contributed by atoms with Gasteiger partial charge in [0.1, 0.15) is 11.6 Å². The zero-order valence-corrected chi connectivity index (χ0v) is 18.2. The van der Waals surface area contributed by atoms with Crippen LogP contribution in [0.3, 0.4) is 0 Å². The summed E-state index contributed by atoms with van der Waals surface area (Å²) >= 11 is 0. The molecule has 0 aliphatic carbocycles. The van der Waals surface area contributed by atoms with E-state index in [2.05, 4.69) is 25.9 Å². The number of amides is 3. The van der Waals surface area contributed by atoms with Crippen molar-refractivity contribution in [2.45, 2.75) is 13.5 Å². The molecule has 0 saturated heterocycles. The molecule has 4 aromatic rings. The molecule has 8 nitrogen and oxygen atoms in total. The average Bonchev–Trinajstić information content (AvgIpc) is 3.41. The Kier molecular flexibility index (Phi) is 5.21. The summed E-state index contributed by atoms with van der Waals surface area (Å²) < 4.78 is 15.2. The zero-order valence-electron chi connectivity index (χ0n) is 18.2. The van der Waals surface area contributed by atoms with Crippen molar-refractivity contribution in [3.8, 4) is 22.5 Å². The number of carbonyl (C=O) groups excluding carboxylic acids is 2. The Morgan fingerprint density at radius 1 is 1.06 bits per heavy atom. The minimum Gasteiger partial charge on any atom is -0.397 e. The Balaban J connectivity index is 1.43. The lowest BCUT2D eigenvalue weighted by Gasteiger charge is -2.13. The summed E-state index contributed by atoms with van der Waals surface area (Å²) in [6.45, 7) is 2.17. The smallest absolute Gasteiger partial charge is 0.323 e. The lowest BCUT2D eigenvalue weighted by atomic mass is 9.92. The fourth-order valence-electron chi connectivity index (χ4n) is 4.05. The normalized spacial score (nSPS) is 12.2. The lowest BCUT2D eigenvalue weighted by Crippen LogP contribution is -2.20. The first-order chi connectivity index (χ1) is 16.4. The molecule has 3 amide bonds. The second-order valence-corrected chi connectivity index (χ2v) is 7.97. The third-order valence-electron chi connectivity index (χ3n) is 5.65. The van der Waals surface area contributed by atoms with Crippen LogP contribution in [0.2, 0.25) is 0 Å². The number of nitrogens with zero attached hydrogens (tertiary/aromatic N) is 1. The fraction of sp³-hybridized carbons (Fsp3) is 0.0800. The third kappa shape index (κ3) is 3.83. The number of imidazole rings is 1. The number of halogens is 1. The summed E-state index contributed by atoms with van der Waals surface area (Å²) in [6.07, 6.45) is 1.69. The summed E-state index contributed by atoms with van der Waals surface area (Å²) in [5, 5.41) is 8.06. The number of benzene rings is 3. The first-order valence-corrected chi connectivity index (χ1v) is 10.6. The molecular formula is C25H21FN6O2. The van der Waals surface area contributed by atoms with Gasteiger partial charge in [0.25, 0.3) is 5.91 Å². The molecule has 170 valence electrons. The molecule has 5 rings (SSSR count). The van der Waals surface area contributed by atoms with Crippen molar-refractivity contribution in [3.63, 3.8) is 0 Å². The van der Waals surface area contributed by atoms with Crippen LogP contribution in [0.4, 0.5) is 26.2 Å². The molecule has 0 bridgehead atoms. The van der Waals surface area contributed by atoms with Gasteiger partial charge in [0.2, 0.25) is 0 Å². The topological polar surface area (TPSA) is 125 Å². The summed E-state index contributed by atoms with van der Waals surface area (Å²) in [7, 11) is 0. The number of carbonyl (C=O) groups is 2. The van der Waals surface area contributed by atoms with E-state index in [1.807, 2.05) is 6.92 Å². The zero-order chi connectivity index (χ0) is 23.8. The molecule has 0 unspecified atom stereocenters. The number of H-pyrrole nitrogens is 1. The number of fused-ring (bicyclic) bond motifs is 1. The van der Waals surface area contributed by atoms with Crippen molar-refractivity contribution >= 4 is 29.0 Å². The molecule has 34 heavy (non-hydrogen) atoms. The third-order valence-corrected chi connectivity index (χ3v) is 5.65. The minimum absolute atomic E-state index is 0.226. The van der Waals surface area contributed by atoms with Crippen molar-refractivity contribution in [2.24, 2.45) is 0 Å². The lowest BCUT2D eigenvalue weighted by molar-refractivity contribution is 0.0966. The van der Waals surface area contributed by atoms with Gasteiger partial charge in [-0.15, -0.1) is 0 Å².